The number of carboxylic acids is 2. The Hall–Kier alpha value is -2.69. The van der Waals surface area contributed by atoms with Crippen LogP contribution in [0.4, 0.5) is 4.79 Å². The predicted octanol–water partition coefficient (Wildman–Crippen LogP) is 5.48. The summed E-state index contributed by atoms with van der Waals surface area (Å²) < 4.78 is 34.1. The molecule has 0 saturated heterocycles. The molecule has 0 spiro atoms. The highest BCUT2D eigenvalue weighted by atomic mass is 32.2. The number of thioether (sulfide) groups is 3. The van der Waals surface area contributed by atoms with E-state index in [9.17, 15) is 38.4 Å². The summed E-state index contributed by atoms with van der Waals surface area (Å²) in [6, 6.07) is 0.525. The molecule has 328 valence electrons. The van der Waals surface area contributed by atoms with Crippen molar-refractivity contribution in [3.05, 3.63) is 0 Å². The summed E-state index contributed by atoms with van der Waals surface area (Å²) in [6.45, 7) is 13.0. The minimum absolute atomic E-state index is 0.137. The molecule has 0 bridgehead atoms. The molecule has 3 unspecified atom stereocenters. The van der Waals surface area contributed by atoms with Gasteiger partial charge in [-0.3, -0.25) is 38.4 Å². The highest BCUT2D eigenvalue weighted by Gasteiger charge is 2.40. The lowest BCUT2D eigenvalue weighted by molar-refractivity contribution is -0.162. The van der Waals surface area contributed by atoms with E-state index in [4.69, 9.17) is 37.7 Å². The second-order valence-corrected chi connectivity index (χ2v) is 20.2. The summed E-state index contributed by atoms with van der Waals surface area (Å²) in [4.78, 5) is 96.8. The Bertz CT molecular complexity index is 1230. The van der Waals surface area contributed by atoms with Gasteiger partial charge < -0.3 is 43.0 Å². The molecule has 0 aromatic heterocycles. The van der Waals surface area contributed by atoms with E-state index in [-0.39, 0.29) is 86.7 Å². The monoisotopic (exact) mass is 887 g/mol. The predicted molar refractivity (Wildman–Crippen MR) is 218 cm³/mol. The number of aliphatic carboxylic acids is 2. The average Bonchev–Trinajstić information content (AvgIpc) is 3.11. The van der Waals surface area contributed by atoms with E-state index < -0.39 is 59.8 Å². The zero-order chi connectivity index (χ0) is 43.4. The van der Waals surface area contributed by atoms with Crippen molar-refractivity contribution in [3.63, 3.8) is 0 Å². The summed E-state index contributed by atoms with van der Waals surface area (Å²) in [5, 5.41) is 17.8. The fourth-order valence-electron chi connectivity index (χ4n) is 4.84. The Kier molecular flexibility index (Phi) is 28.9. The van der Waals surface area contributed by atoms with Gasteiger partial charge in [-0.15, -0.1) is 0 Å². The van der Waals surface area contributed by atoms with Crippen LogP contribution in [0.5, 0.6) is 0 Å². The molecule has 1 amide bonds. The maximum atomic E-state index is 13.0. The normalized spacial score (nSPS) is 14.0. The maximum Gasteiger partial charge on any atom is 0.500 e. The Morgan fingerprint density at radius 2 is 0.965 bits per heavy atom. The fraction of sp³-hybridized carbons (Fsp3) is 0.778. The number of nitrogens with one attached hydrogen (secondary N) is 1. The molecule has 0 radical (unpaired) electrons. The van der Waals surface area contributed by atoms with Crippen LogP contribution in [-0.2, 0) is 61.1 Å². The summed E-state index contributed by atoms with van der Waals surface area (Å²) >= 11 is 2.59. The highest BCUT2D eigenvalue weighted by Crippen LogP contribution is 2.28. The molecule has 0 rings (SSSR count). The number of hydrogen-bond acceptors (Lipinski definition) is 17. The molecule has 57 heavy (non-hydrogen) atoms. The number of ether oxygens (including phenoxy) is 3. The van der Waals surface area contributed by atoms with Crippen molar-refractivity contribution in [2.75, 3.05) is 46.2 Å². The second-order valence-electron chi connectivity index (χ2n) is 13.1. The van der Waals surface area contributed by atoms with Gasteiger partial charge in [0, 0.05) is 61.0 Å². The minimum atomic E-state index is -2.85. The zero-order valence-corrected chi connectivity index (χ0v) is 37.5. The first-order valence-electron chi connectivity index (χ1n) is 19.0. The molecule has 0 aliphatic heterocycles. The van der Waals surface area contributed by atoms with Gasteiger partial charge in [0.15, 0.2) is 10.2 Å². The van der Waals surface area contributed by atoms with Crippen LogP contribution in [0, 0.1) is 5.41 Å². The second kappa shape index (κ2) is 30.4. The van der Waals surface area contributed by atoms with Crippen molar-refractivity contribution < 1.29 is 76.1 Å². The van der Waals surface area contributed by atoms with E-state index in [2.05, 4.69) is 5.32 Å². The van der Waals surface area contributed by atoms with Crippen LogP contribution >= 0.6 is 35.3 Å². The Morgan fingerprint density at radius 3 is 1.30 bits per heavy atom. The van der Waals surface area contributed by atoms with Crippen LogP contribution in [0.3, 0.4) is 0 Å². The van der Waals surface area contributed by atoms with Crippen LogP contribution in [0.15, 0.2) is 0 Å². The van der Waals surface area contributed by atoms with Gasteiger partial charge in [0.2, 0.25) is 0 Å². The lowest BCUT2D eigenvalue weighted by Gasteiger charge is -2.31. The van der Waals surface area contributed by atoms with E-state index in [0.717, 1.165) is 35.3 Å². The Balaban J connectivity index is 5.40. The number of hydrogen-bond donors (Lipinski definition) is 3. The van der Waals surface area contributed by atoms with Crippen molar-refractivity contribution >= 4 is 89.4 Å². The number of carbonyl (C=O) groups is 8. The number of amides is 1. The third-order valence-corrected chi connectivity index (χ3v) is 14.0. The molecule has 0 aliphatic rings. The molecule has 0 fully saturated rings. The quantitative estimate of drug-likeness (QED) is 0.0328. The lowest BCUT2D eigenvalue weighted by Crippen LogP contribution is -2.46. The number of carbonyl (C=O) groups excluding carboxylic acids is 6. The van der Waals surface area contributed by atoms with Gasteiger partial charge in [-0.25, -0.2) is 0 Å². The first-order valence-corrected chi connectivity index (χ1v) is 23.6. The standard InChI is InChI=1S/C36H61NO16S3Si/c1-8-36(22-48-30(42)19-25(5)54-33(45)15-13-28(38)39,23-49-31(43)20-26(6)55-34(46)16-14-29(40)41)24-50-32(44)21-27(7)56-35(47)37-17-12-18-57(51-9-2,52-10-3)53-11-4/h25-27H,8-24H2,1-7H3,(H,37,47)(H,38,39)(H,40,41). The number of esters is 3. The molecule has 0 saturated carbocycles. The first-order chi connectivity index (χ1) is 26.8. The zero-order valence-electron chi connectivity index (χ0n) is 34.1. The van der Waals surface area contributed by atoms with Crippen LogP contribution in [0.25, 0.3) is 0 Å². The number of carboxylic acid groups (broad SMARTS) is 2. The smallest absolute Gasteiger partial charge is 0.481 e. The topological polar surface area (TPSA) is 244 Å². The van der Waals surface area contributed by atoms with Crippen molar-refractivity contribution in [2.45, 2.75) is 128 Å². The minimum Gasteiger partial charge on any atom is -0.481 e. The van der Waals surface area contributed by atoms with Crippen molar-refractivity contribution in [2.24, 2.45) is 5.41 Å². The largest absolute Gasteiger partial charge is 0.500 e. The van der Waals surface area contributed by atoms with Gasteiger partial charge in [0.05, 0.1) is 37.5 Å². The van der Waals surface area contributed by atoms with E-state index in [1.807, 2.05) is 20.8 Å². The molecule has 17 nitrogen and oxygen atoms in total. The number of rotatable bonds is 32. The fourth-order valence-corrected chi connectivity index (χ4v) is 10.0. The molecule has 0 heterocycles. The third-order valence-electron chi connectivity index (χ3n) is 7.81. The van der Waals surface area contributed by atoms with Crippen LogP contribution < -0.4 is 5.32 Å². The summed E-state index contributed by atoms with van der Waals surface area (Å²) in [5.41, 5.74) is -1.18. The van der Waals surface area contributed by atoms with Crippen LogP contribution in [0.1, 0.15) is 106 Å². The van der Waals surface area contributed by atoms with E-state index in [1.165, 1.54) is 0 Å². The summed E-state index contributed by atoms with van der Waals surface area (Å²) in [5.74, 6) is -4.23. The first kappa shape index (κ1) is 54.3. The molecule has 0 aromatic carbocycles. The average molecular weight is 888 g/mol. The van der Waals surface area contributed by atoms with Gasteiger partial charge in [-0.05, 0) is 33.6 Å². The van der Waals surface area contributed by atoms with Crippen LogP contribution in [0.2, 0.25) is 6.04 Å². The van der Waals surface area contributed by atoms with Gasteiger partial charge in [-0.2, -0.15) is 0 Å². The highest BCUT2D eigenvalue weighted by molar-refractivity contribution is 8.14. The Morgan fingerprint density at radius 1 is 0.596 bits per heavy atom. The lowest BCUT2D eigenvalue weighted by atomic mass is 9.88. The van der Waals surface area contributed by atoms with Gasteiger partial charge in [0.25, 0.3) is 5.24 Å². The molecular formula is C36H61NO16S3Si. The Labute approximate surface area is 349 Å². The van der Waals surface area contributed by atoms with Crippen molar-refractivity contribution in [3.8, 4) is 0 Å². The molecule has 3 N–H and O–H groups in total. The maximum absolute atomic E-state index is 13.0. The molecule has 0 aliphatic carbocycles. The summed E-state index contributed by atoms with van der Waals surface area (Å²) in [6.07, 6.45) is -0.748. The van der Waals surface area contributed by atoms with Gasteiger partial charge in [-0.1, -0.05) is 63.0 Å². The molecule has 3 atom stereocenters. The van der Waals surface area contributed by atoms with E-state index in [1.54, 1.807) is 27.7 Å². The van der Waals surface area contributed by atoms with E-state index in [0.29, 0.717) is 38.8 Å². The van der Waals surface area contributed by atoms with Crippen LogP contribution in [-0.4, -0.2) is 126 Å². The molecule has 21 heteroatoms. The summed E-state index contributed by atoms with van der Waals surface area (Å²) in [7, 11) is -2.85. The van der Waals surface area contributed by atoms with E-state index >= 15 is 0 Å². The van der Waals surface area contributed by atoms with Gasteiger partial charge >= 0.3 is 38.7 Å². The third kappa shape index (κ3) is 26.8. The van der Waals surface area contributed by atoms with Crippen molar-refractivity contribution in [1.82, 2.24) is 5.32 Å². The molecular weight excluding hydrogens is 827 g/mol. The van der Waals surface area contributed by atoms with Gasteiger partial charge in [0.1, 0.15) is 19.8 Å². The molecule has 0 aromatic rings. The SMILES string of the molecule is CCO[Si](CCCNC(=O)SC(C)CC(=O)OCC(CC)(COC(=O)CC(C)SC(=O)CCC(=O)O)COC(=O)CC(C)SC(=O)CCC(=O)O)(OCC)OCC. The van der Waals surface area contributed by atoms with Crippen molar-refractivity contribution in [1.29, 1.82) is 0 Å².